The molecule has 0 amide bonds. The van der Waals surface area contributed by atoms with Crippen LogP contribution in [0.5, 0.6) is 23.0 Å². The summed E-state index contributed by atoms with van der Waals surface area (Å²) in [6.45, 7) is 4.90. The molecule has 4 rings (SSSR count). The fraction of sp³-hybridized carbons (Fsp3) is 0.280. The maximum atomic E-state index is 5.95. The molecule has 3 aromatic rings. The van der Waals surface area contributed by atoms with E-state index in [1.807, 2.05) is 42.5 Å². The maximum absolute atomic E-state index is 5.95. The molecular weight excluding hydrogens is 348 g/mol. The summed E-state index contributed by atoms with van der Waals surface area (Å²) in [5, 5.41) is 0. The van der Waals surface area contributed by atoms with Gasteiger partial charge in [0.15, 0.2) is 11.5 Å². The van der Waals surface area contributed by atoms with Crippen LogP contribution < -0.4 is 14.2 Å². The van der Waals surface area contributed by atoms with Crippen LogP contribution in [0.4, 0.5) is 0 Å². The second-order valence-electron chi connectivity index (χ2n) is 7.87. The van der Waals surface area contributed by atoms with Gasteiger partial charge in [-0.15, -0.1) is 0 Å². The van der Waals surface area contributed by atoms with E-state index in [2.05, 4.69) is 44.2 Å². The van der Waals surface area contributed by atoms with E-state index in [1.54, 1.807) is 0 Å². The zero-order valence-electron chi connectivity index (χ0n) is 16.5. The number of hydrogen-bond donors (Lipinski definition) is 0. The van der Waals surface area contributed by atoms with Gasteiger partial charge >= 0.3 is 0 Å². The molecule has 3 heteroatoms. The van der Waals surface area contributed by atoms with Crippen molar-refractivity contribution in [2.24, 2.45) is 0 Å². The highest BCUT2D eigenvalue weighted by Crippen LogP contribution is 2.38. The van der Waals surface area contributed by atoms with Gasteiger partial charge in [-0.2, -0.15) is 0 Å². The van der Waals surface area contributed by atoms with Gasteiger partial charge < -0.3 is 14.2 Å². The molecule has 0 radical (unpaired) electrons. The van der Waals surface area contributed by atoms with E-state index in [0.717, 1.165) is 42.3 Å². The van der Waals surface area contributed by atoms with Gasteiger partial charge in [0.25, 0.3) is 0 Å². The molecule has 28 heavy (non-hydrogen) atoms. The normalized spacial score (nSPS) is 12.8. The summed E-state index contributed by atoms with van der Waals surface area (Å²) in [5.41, 5.74) is 2.67. The summed E-state index contributed by atoms with van der Waals surface area (Å²) in [5.74, 6) is 3.45. The quantitative estimate of drug-likeness (QED) is 0.472. The third-order valence-corrected chi connectivity index (χ3v) is 5.30. The maximum Gasteiger partial charge on any atom is 0.231 e. The van der Waals surface area contributed by atoms with Crippen molar-refractivity contribution >= 4 is 0 Å². The molecule has 0 N–H and O–H groups in total. The summed E-state index contributed by atoms with van der Waals surface area (Å²) in [6, 6.07) is 24.6. The van der Waals surface area contributed by atoms with Crippen LogP contribution in [0.1, 0.15) is 37.8 Å². The average molecular weight is 374 g/mol. The predicted molar refractivity (Wildman–Crippen MR) is 111 cm³/mol. The molecule has 1 heterocycles. The van der Waals surface area contributed by atoms with Crippen molar-refractivity contribution in [1.29, 1.82) is 0 Å². The number of hydrogen-bond acceptors (Lipinski definition) is 3. The third kappa shape index (κ3) is 4.30. The third-order valence-electron chi connectivity index (χ3n) is 5.30. The zero-order chi connectivity index (χ0) is 19.4. The van der Waals surface area contributed by atoms with Gasteiger partial charge in [-0.3, -0.25) is 0 Å². The lowest BCUT2D eigenvalue weighted by Gasteiger charge is -2.25. The molecule has 0 atom stereocenters. The first-order valence-electron chi connectivity index (χ1n) is 9.82. The lowest BCUT2D eigenvalue weighted by molar-refractivity contribution is 0.174. The Bertz CT molecular complexity index is 932. The SMILES string of the molecule is CC(C)(CCCc1cccc(Oc2ccccc2)c1)c1ccc2c(c1)OCO2. The molecule has 0 saturated carbocycles. The van der Waals surface area contributed by atoms with E-state index in [0.29, 0.717) is 6.79 Å². The van der Waals surface area contributed by atoms with Crippen LogP contribution in [0, 0.1) is 0 Å². The molecule has 0 aliphatic carbocycles. The number of benzene rings is 3. The van der Waals surface area contributed by atoms with Crippen LogP contribution in [0.15, 0.2) is 72.8 Å². The van der Waals surface area contributed by atoms with E-state index < -0.39 is 0 Å². The Morgan fingerprint density at radius 1 is 0.821 bits per heavy atom. The second kappa shape index (κ2) is 7.97. The van der Waals surface area contributed by atoms with Crippen LogP contribution in [-0.2, 0) is 11.8 Å². The van der Waals surface area contributed by atoms with Crippen LogP contribution in [0.25, 0.3) is 0 Å². The largest absolute Gasteiger partial charge is 0.457 e. The highest BCUT2D eigenvalue weighted by Gasteiger charge is 2.23. The highest BCUT2D eigenvalue weighted by molar-refractivity contribution is 5.46. The summed E-state index contributed by atoms with van der Waals surface area (Å²) in [7, 11) is 0. The minimum atomic E-state index is 0.0825. The van der Waals surface area contributed by atoms with Crippen LogP contribution >= 0.6 is 0 Å². The van der Waals surface area contributed by atoms with Crippen molar-refractivity contribution in [1.82, 2.24) is 0 Å². The molecule has 3 nitrogen and oxygen atoms in total. The Kier molecular flexibility index (Phi) is 5.25. The Morgan fingerprint density at radius 3 is 2.46 bits per heavy atom. The summed E-state index contributed by atoms with van der Waals surface area (Å²) in [6.07, 6.45) is 3.23. The molecular formula is C25H26O3. The fourth-order valence-corrected chi connectivity index (χ4v) is 3.59. The lowest BCUT2D eigenvalue weighted by Crippen LogP contribution is -2.17. The Hall–Kier alpha value is -2.94. The molecule has 0 spiro atoms. The number of para-hydroxylation sites is 1. The van der Waals surface area contributed by atoms with Crippen molar-refractivity contribution in [3.05, 3.63) is 83.9 Å². The first kappa shape index (κ1) is 18.4. The number of ether oxygens (including phenoxy) is 3. The van der Waals surface area contributed by atoms with E-state index >= 15 is 0 Å². The topological polar surface area (TPSA) is 27.7 Å². The summed E-state index contributed by atoms with van der Waals surface area (Å²) >= 11 is 0. The first-order chi connectivity index (χ1) is 13.6. The van der Waals surface area contributed by atoms with Crippen LogP contribution in [0.3, 0.4) is 0 Å². The van der Waals surface area contributed by atoms with Crippen molar-refractivity contribution in [3.8, 4) is 23.0 Å². The number of fused-ring (bicyclic) bond motifs is 1. The number of aryl methyl sites for hydroxylation is 1. The van der Waals surface area contributed by atoms with Gasteiger partial charge in [0, 0.05) is 0 Å². The van der Waals surface area contributed by atoms with Gasteiger partial charge in [-0.25, -0.2) is 0 Å². The monoisotopic (exact) mass is 374 g/mol. The summed E-state index contributed by atoms with van der Waals surface area (Å²) in [4.78, 5) is 0. The van der Waals surface area contributed by atoms with Crippen LogP contribution in [0.2, 0.25) is 0 Å². The van der Waals surface area contributed by atoms with Crippen molar-refractivity contribution in [2.45, 2.75) is 38.5 Å². The molecule has 1 aliphatic heterocycles. The molecule has 0 aromatic heterocycles. The average Bonchev–Trinajstić information content (AvgIpc) is 3.17. The standard InChI is InChI=1S/C25H26O3/c1-25(2,20-13-14-23-24(17-20)27-18-26-23)15-7-9-19-8-6-12-22(16-19)28-21-10-4-3-5-11-21/h3-6,8,10-14,16-17H,7,9,15,18H2,1-2H3. The highest BCUT2D eigenvalue weighted by atomic mass is 16.7. The van der Waals surface area contributed by atoms with Crippen molar-refractivity contribution < 1.29 is 14.2 Å². The number of rotatable bonds is 7. The summed E-state index contributed by atoms with van der Waals surface area (Å²) < 4.78 is 16.9. The minimum Gasteiger partial charge on any atom is -0.457 e. The molecule has 0 unspecified atom stereocenters. The Morgan fingerprint density at radius 2 is 1.61 bits per heavy atom. The molecule has 0 bridgehead atoms. The molecule has 144 valence electrons. The predicted octanol–water partition coefficient (Wildman–Crippen LogP) is 6.51. The van der Waals surface area contributed by atoms with Gasteiger partial charge in [-0.05, 0) is 72.2 Å². The van der Waals surface area contributed by atoms with Crippen molar-refractivity contribution in [3.63, 3.8) is 0 Å². The zero-order valence-corrected chi connectivity index (χ0v) is 16.5. The Labute approximate surface area is 166 Å². The second-order valence-corrected chi connectivity index (χ2v) is 7.87. The fourth-order valence-electron chi connectivity index (χ4n) is 3.59. The van der Waals surface area contributed by atoms with Gasteiger partial charge in [0.2, 0.25) is 6.79 Å². The van der Waals surface area contributed by atoms with Crippen molar-refractivity contribution in [2.75, 3.05) is 6.79 Å². The van der Waals surface area contributed by atoms with E-state index in [9.17, 15) is 0 Å². The Balaban J connectivity index is 1.36. The minimum absolute atomic E-state index is 0.0825. The van der Waals surface area contributed by atoms with Gasteiger partial charge in [0.05, 0.1) is 0 Å². The molecule has 0 fully saturated rings. The lowest BCUT2D eigenvalue weighted by atomic mass is 9.79. The van der Waals surface area contributed by atoms with E-state index in [4.69, 9.17) is 14.2 Å². The smallest absolute Gasteiger partial charge is 0.231 e. The van der Waals surface area contributed by atoms with Crippen LogP contribution in [-0.4, -0.2) is 6.79 Å². The molecule has 0 saturated heterocycles. The van der Waals surface area contributed by atoms with Gasteiger partial charge in [0.1, 0.15) is 11.5 Å². The first-order valence-corrected chi connectivity index (χ1v) is 9.82. The van der Waals surface area contributed by atoms with Gasteiger partial charge in [-0.1, -0.05) is 50.2 Å². The molecule has 1 aliphatic rings. The van der Waals surface area contributed by atoms with E-state index in [-0.39, 0.29) is 5.41 Å². The molecule has 3 aromatic carbocycles. The van der Waals surface area contributed by atoms with E-state index in [1.165, 1.54) is 11.1 Å².